The summed E-state index contributed by atoms with van der Waals surface area (Å²) in [7, 11) is 0. The molecule has 0 aromatic carbocycles. The summed E-state index contributed by atoms with van der Waals surface area (Å²) in [6.45, 7) is 4.18. The molecule has 2 saturated carbocycles. The van der Waals surface area contributed by atoms with Gasteiger partial charge in [0.15, 0.2) is 24.1 Å². The van der Waals surface area contributed by atoms with E-state index in [1.54, 1.807) is 0 Å². The molecule has 1 spiro atoms. The standard InChI is InChI=1S/C27H30O15/c1-12(28)36-11-26-23(41-16(5)32)20(33)18-10-37-27(26,22(18)40-15(4)31)8-19(38-13(2)29)21(39-14(3)30)24(26)42-25(34)17-6-7-35-9-17/h6-7,9,18-19,21-24H,8,10-11H2,1-5H3. The molecule has 2 heterocycles. The minimum absolute atomic E-state index is 0.101. The summed E-state index contributed by atoms with van der Waals surface area (Å²) < 4.78 is 44.8. The molecule has 15 nitrogen and oxygen atoms in total. The van der Waals surface area contributed by atoms with Gasteiger partial charge in [0.2, 0.25) is 0 Å². The van der Waals surface area contributed by atoms with Crippen LogP contribution in [0.4, 0.5) is 0 Å². The topological polar surface area (TPSA) is 197 Å². The highest BCUT2D eigenvalue weighted by atomic mass is 16.6. The van der Waals surface area contributed by atoms with Gasteiger partial charge in [0.05, 0.1) is 24.4 Å². The predicted molar refractivity (Wildman–Crippen MR) is 131 cm³/mol. The molecule has 0 N–H and O–H groups in total. The zero-order valence-corrected chi connectivity index (χ0v) is 23.4. The van der Waals surface area contributed by atoms with Crippen LogP contribution in [0.25, 0.3) is 0 Å². The van der Waals surface area contributed by atoms with Gasteiger partial charge in [-0.2, -0.15) is 0 Å². The van der Waals surface area contributed by atoms with Crippen LogP contribution in [0.1, 0.15) is 51.4 Å². The van der Waals surface area contributed by atoms with Crippen molar-refractivity contribution >= 4 is 41.6 Å². The van der Waals surface area contributed by atoms with Crippen LogP contribution in [0.2, 0.25) is 0 Å². The number of hydrogen-bond donors (Lipinski definition) is 0. The Morgan fingerprint density at radius 3 is 2.02 bits per heavy atom. The molecule has 1 saturated heterocycles. The number of ketones is 1. The van der Waals surface area contributed by atoms with Crippen molar-refractivity contribution in [1.29, 1.82) is 0 Å². The van der Waals surface area contributed by atoms with Crippen LogP contribution in [-0.4, -0.2) is 90.9 Å². The molecule has 0 amide bonds. The lowest BCUT2D eigenvalue weighted by atomic mass is 9.50. The van der Waals surface area contributed by atoms with Gasteiger partial charge in [-0.3, -0.25) is 28.8 Å². The van der Waals surface area contributed by atoms with E-state index in [1.807, 2.05) is 0 Å². The molecule has 3 aliphatic rings. The number of esters is 6. The number of ether oxygens (including phenoxy) is 7. The number of hydrogen-bond acceptors (Lipinski definition) is 15. The second kappa shape index (κ2) is 11.5. The first-order valence-corrected chi connectivity index (χ1v) is 13.0. The van der Waals surface area contributed by atoms with Crippen molar-refractivity contribution in [1.82, 2.24) is 0 Å². The fraction of sp³-hybridized carbons (Fsp3) is 0.593. The van der Waals surface area contributed by atoms with E-state index in [-0.39, 0.29) is 12.2 Å². The predicted octanol–water partition coefficient (Wildman–Crippen LogP) is 0.453. The number of Topliss-reactive ketones (excluding diaryl/α,β-unsaturated/α-hetero) is 1. The fourth-order valence-corrected chi connectivity index (χ4v) is 6.27. The first-order valence-electron chi connectivity index (χ1n) is 13.0. The maximum atomic E-state index is 14.0. The minimum atomic E-state index is -2.19. The quantitative estimate of drug-likeness (QED) is 0.297. The number of rotatable bonds is 8. The van der Waals surface area contributed by atoms with Crippen LogP contribution < -0.4 is 0 Å². The summed E-state index contributed by atoms with van der Waals surface area (Å²) in [5, 5.41) is 0. The van der Waals surface area contributed by atoms with Gasteiger partial charge in [-0.05, 0) is 6.07 Å². The molecular weight excluding hydrogens is 564 g/mol. The zero-order valence-electron chi connectivity index (χ0n) is 23.4. The number of carbonyl (C=O) groups excluding carboxylic acids is 7. The van der Waals surface area contributed by atoms with Crippen molar-refractivity contribution < 1.29 is 71.1 Å². The van der Waals surface area contributed by atoms with Gasteiger partial charge in [0, 0.05) is 41.0 Å². The zero-order chi connectivity index (χ0) is 31.0. The van der Waals surface area contributed by atoms with Crippen LogP contribution in [0, 0.1) is 11.3 Å². The normalized spacial score (nSPS) is 33.0. The number of furan rings is 1. The van der Waals surface area contributed by atoms with Crippen molar-refractivity contribution in [2.24, 2.45) is 11.3 Å². The monoisotopic (exact) mass is 594 g/mol. The van der Waals surface area contributed by atoms with Crippen molar-refractivity contribution in [3.05, 3.63) is 24.2 Å². The lowest BCUT2D eigenvalue weighted by Crippen LogP contribution is -2.80. The van der Waals surface area contributed by atoms with E-state index in [0.717, 1.165) is 40.9 Å². The SMILES string of the molecule is CC(=O)OCC12C(OC(C)=O)C(=O)C3COC1(CC(OC(C)=O)C(OC(C)=O)C2OC(=O)c1ccoc1)C3OC(C)=O. The summed E-state index contributed by atoms with van der Waals surface area (Å²) in [5.41, 5.74) is -4.23. The van der Waals surface area contributed by atoms with Gasteiger partial charge in [-0.1, -0.05) is 0 Å². The smallest absolute Gasteiger partial charge is 0.341 e. The molecule has 4 rings (SSSR count). The van der Waals surface area contributed by atoms with Gasteiger partial charge in [-0.15, -0.1) is 0 Å². The van der Waals surface area contributed by atoms with Crippen LogP contribution in [-0.2, 0) is 61.9 Å². The van der Waals surface area contributed by atoms with Crippen LogP contribution in [0.5, 0.6) is 0 Å². The Hall–Kier alpha value is -4.27. The van der Waals surface area contributed by atoms with Crippen molar-refractivity contribution in [3.63, 3.8) is 0 Å². The maximum absolute atomic E-state index is 14.0. The van der Waals surface area contributed by atoms with E-state index < -0.39 is 102 Å². The van der Waals surface area contributed by atoms with Crippen LogP contribution >= 0.6 is 0 Å². The average molecular weight is 595 g/mol. The molecule has 1 aromatic heterocycles. The maximum Gasteiger partial charge on any atom is 0.341 e. The van der Waals surface area contributed by atoms with E-state index in [1.165, 1.54) is 12.3 Å². The second-order valence-electron chi connectivity index (χ2n) is 10.3. The van der Waals surface area contributed by atoms with Gasteiger partial charge >= 0.3 is 35.8 Å². The molecule has 1 aromatic rings. The third kappa shape index (κ3) is 5.24. The first kappa shape index (κ1) is 30.7. The summed E-state index contributed by atoms with van der Waals surface area (Å²) in [6, 6.07) is 1.27. The van der Waals surface area contributed by atoms with Crippen LogP contribution in [0.3, 0.4) is 0 Å². The first-order chi connectivity index (χ1) is 19.7. The minimum Gasteiger partial charge on any atom is -0.472 e. The molecule has 2 bridgehead atoms. The van der Waals surface area contributed by atoms with E-state index in [4.69, 9.17) is 37.6 Å². The molecule has 8 unspecified atom stereocenters. The fourth-order valence-electron chi connectivity index (χ4n) is 6.27. The molecule has 2 aliphatic carbocycles. The van der Waals surface area contributed by atoms with Gasteiger partial charge in [-0.25, -0.2) is 4.79 Å². The molecule has 8 atom stereocenters. The van der Waals surface area contributed by atoms with Gasteiger partial charge < -0.3 is 37.6 Å². The van der Waals surface area contributed by atoms with Gasteiger partial charge in [0.1, 0.15) is 36.1 Å². The molecule has 42 heavy (non-hydrogen) atoms. The lowest BCUT2D eigenvalue weighted by Gasteiger charge is -2.61. The average Bonchev–Trinajstić information content (AvgIpc) is 3.51. The van der Waals surface area contributed by atoms with Gasteiger partial charge in [0.25, 0.3) is 0 Å². The summed E-state index contributed by atoms with van der Waals surface area (Å²) in [4.78, 5) is 88.9. The Balaban J connectivity index is 2.05. The van der Waals surface area contributed by atoms with Crippen LogP contribution in [0.15, 0.2) is 23.0 Å². The third-order valence-corrected chi connectivity index (χ3v) is 7.60. The molecule has 228 valence electrons. The number of fused-ring (bicyclic) bond motifs is 1. The Morgan fingerprint density at radius 2 is 1.48 bits per heavy atom. The van der Waals surface area contributed by atoms with E-state index in [9.17, 15) is 33.6 Å². The molecule has 0 radical (unpaired) electrons. The Labute approximate surface area is 239 Å². The second-order valence-corrected chi connectivity index (χ2v) is 10.3. The van der Waals surface area contributed by atoms with E-state index in [2.05, 4.69) is 0 Å². The Morgan fingerprint density at radius 1 is 0.833 bits per heavy atom. The summed E-state index contributed by atoms with van der Waals surface area (Å²) in [5.74, 6) is -7.30. The van der Waals surface area contributed by atoms with Crippen molar-refractivity contribution in [3.8, 4) is 0 Å². The highest BCUT2D eigenvalue weighted by Gasteiger charge is 2.82. The largest absolute Gasteiger partial charge is 0.472 e. The summed E-state index contributed by atoms with van der Waals surface area (Å²) >= 11 is 0. The van der Waals surface area contributed by atoms with E-state index in [0.29, 0.717) is 0 Å². The molecule has 3 fully saturated rings. The Bertz CT molecular complexity index is 1280. The lowest BCUT2D eigenvalue weighted by molar-refractivity contribution is -0.305. The molecule has 1 aliphatic heterocycles. The van der Waals surface area contributed by atoms with Crippen molar-refractivity contribution in [2.75, 3.05) is 13.2 Å². The third-order valence-electron chi connectivity index (χ3n) is 7.60. The van der Waals surface area contributed by atoms with Crippen molar-refractivity contribution in [2.45, 2.75) is 77.2 Å². The number of carbonyl (C=O) groups is 7. The van der Waals surface area contributed by atoms with E-state index >= 15 is 0 Å². The summed E-state index contributed by atoms with van der Waals surface area (Å²) in [6.07, 6.45) is -6.30. The Kier molecular flexibility index (Phi) is 8.43. The molecular formula is C27H30O15. The highest BCUT2D eigenvalue weighted by Crippen LogP contribution is 2.62. The molecule has 15 heteroatoms. The highest BCUT2D eigenvalue weighted by molar-refractivity contribution is 5.93.